The predicted octanol–water partition coefficient (Wildman–Crippen LogP) is 4.07. The number of nitrogens with one attached hydrogen (secondary N) is 1. The zero-order valence-electron chi connectivity index (χ0n) is 12.9. The van der Waals surface area contributed by atoms with Crippen LogP contribution in [0.3, 0.4) is 0 Å². The van der Waals surface area contributed by atoms with Gasteiger partial charge in [0, 0.05) is 24.5 Å². The second-order valence-electron chi connectivity index (χ2n) is 5.21. The van der Waals surface area contributed by atoms with Crippen molar-refractivity contribution >= 4 is 5.69 Å². The van der Waals surface area contributed by atoms with Gasteiger partial charge >= 0.3 is 0 Å². The Kier molecular flexibility index (Phi) is 4.43. The highest BCUT2D eigenvalue weighted by Crippen LogP contribution is 2.23. The number of phenols is 1. The number of pyridine rings is 1. The van der Waals surface area contributed by atoms with Gasteiger partial charge in [-0.1, -0.05) is 24.3 Å². The van der Waals surface area contributed by atoms with E-state index in [1.54, 1.807) is 25.4 Å². The van der Waals surface area contributed by atoms with E-state index in [1.807, 2.05) is 48.7 Å². The molecule has 116 valence electrons. The van der Waals surface area contributed by atoms with Crippen molar-refractivity contribution in [1.29, 1.82) is 0 Å². The van der Waals surface area contributed by atoms with E-state index in [9.17, 15) is 5.11 Å². The summed E-state index contributed by atoms with van der Waals surface area (Å²) < 4.78 is 5.16. The van der Waals surface area contributed by atoms with Crippen molar-refractivity contribution < 1.29 is 9.84 Å². The first-order valence-electron chi connectivity index (χ1n) is 7.36. The van der Waals surface area contributed by atoms with E-state index in [-0.39, 0.29) is 5.75 Å². The third kappa shape index (κ3) is 3.80. The summed E-state index contributed by atoms with van der Waals surface area (Å²) >= 11 is 0. The lowest BCUT2D eigenvalue weighted by Gasteiger charge is -2.09. The number of aromatic hydroxyl groups is 1. The van der Waals surface area contributed by atoms with Gasteiger partial charge in [0.25, 0.3) is 0 Å². The van der Waals surface area contributed by atoms with Gasteiger partial charge in [-0.15, -0.1) is 0 Å². The molecule has 0 aliphatic heterocycles. The fourth-order valence-electron chi connectivity index (χ4n) is 2.30. The van der Waals surface area contributed by atoms with Gasteiger partial charge in [0.2, 0.25) is 0 Å². The zero-order chi connectivity index (χ0) is 16.1. The first-order valence-corrected chi connectivity index (χ1v) is 7.36. The lowest BCUT2D eigenvalue weighted by atomic mass is 10.1. The van der Waals surface area contributed by atoms with Crippen LogP contribution in [0.2, 0.25) is 0 Å². The summed E-state index contributed by atoms with van der Waals surface area (Å²) in [7, 11) is 1.66. The highest BCUT2D eigenvalue weighted by atomic mass is 16.5. The minimum Gasteiger partial charge on any atom is -0.508 e. The molecule has 0 unspecified atom stereocenters. The van der Waals surface area contributed by atoms with E-state index in [4.69, 9.17) is 4.74 Å². The van der Waals surface area contributed by atoms with Gasteiger partial charge in [-0.25, -0.2) is 0 Å². The smallest absolute Gasteiger partial charge is 0.118 e. The first-order chi connectivity index (χ1) is 11.2. The summed E-state index contributed by atoms with van der Waals surface area (Å²) in [6, 6.07) is 17.1. The van der Waals surface area contributed by atoms with Gasteiger partial charge in [0.05, 0.1) is 12.8 Å². The minimum atomic E-state index is 0.260. The van der Waals surface area contributed by atoms with E-state index < -0.39 is 0 Å². The molecule has 0 radical (unpaired) electrons. The molecule has 0 spiro atoms. The minimum absolute atomic E-state index is 0.260. The number of methoxy groups -OCH3 is 1. The van der Waals surface area contributed by atoms with E-state index >= 15 is 0 Å². The summed E-state index contributed by atoms with van der Waals surface area (Å²) in [5, 5.41) is 12.7. The van der Waals surface area contributed by atoms with Crippen molar-refractivity contribution in [3.63, 3.8) is 0 Å². The third-order valence-electron chi connectivity index (χ3n) is 3.59. The average molecular weight is 306 g/mol. The quantitative estimate of drug-likeness (QED) is 0.746. The number of benzene rings is 2. The summed E-state index contributed by atoms with van der Waals surface area (Å²) in [5.74, 6) is 1.11. The van der Waals surface area contributed by atoms with Crippen molar-refractivity contribution in [3.05, 3.63) is 72.6 Å². The van der Waals surface area contributed by atoms with Crippen LogP contribution in [0.4, 0.5) is 5.69 Å². The van der Waals surface area contributed by atoms with Crippen molar-refractivity contribution in [2.75, 3.05) is 12.4 Å². The number of hydrogen-bond donors (Lipinski definition) is 2. The van der Waals surface area contributed by atoms with Crippen LogP contribution in [0.1, 0.15) is 5.56 Å². The molecule has 0 saturated carbocycles. The number of phenolic OH excluding ortho intramolecular Hbond substituents is 1. The monoisotopic (exact) mass is 306 g/mol. The van der Waals surface area contributed by atoms with E-state index in [2.05, 4.69) is 10.3 Å². The Morgan fingerprint density at radius 1 is 0.957 bits per heavy atom. The van der Waals surface area contributed by atoms with E-state index in [0.29, 0.717) is 6.54 Å². The van der Waals surface area contributed by atoms with Crippen LogP contribution in [-0.2, 0) is 6.54 Å². The molecular formula is C19H18N2O2. The zero-order valence-corrected chi connectivity index (χ0v) is 12.9. The molecule has 2 N–H and O–H groups in total. The molecular weight excluding hydrogens is 288 g/mol. The first kappa shape index (κ1) is 14.9. The largest absolute Gasteiger partial charge is 0.508 e. The number of ether oxygens (including phenoxy) is 1. The maximum Gasteiger partial charge on any atom is 0.118 e. The third-order valence-corrected chi connectivity index (χ3v) is 3.59. The van der Waals surface area contributed by atoms with Crippen molar-refractivity contribution in [1.82, 2.24) is 4.98 Å². The summed E-state index contributed by atoms with van der Waals surface area (Å²) in [4.78, 5) is 4.28. The molecule has 23 heavy (non-hydrogen) atoms. The molecule has 0 atom stereocenters. The predicted molar refractivity (Wildman–Crippen MR) is 91.7 cm³/mol. The molecule has 0 fully saturated rings. The van der Waals surface area contributed by atoms with Crippen LogP contribution < -0.4 is 10.1 Å². The van der Waals surface area contributed by atoms with Crippen LogP contribution >= 0.6 is 0 Å². The molecule has 0 saturated heterocycles. The number of rotatable bonds is 5. The van der Waals surface area contributed by atoms with Gasteiger partial charge in [-0.05, 0) is 41.5 Å². The summed E-state index contributed by atoms with van der Waals surface area (Å²) in [6.45, 7) is 0.713. The Bertz CT molecular complexity index is 768. The van der Waals surface area contributed by atoms with Crippen LogP contribution in [-0.4, -0.2) is 17.2 Å². The Balaban J connectivity index is 1.70. The Morgan fingerprint density at radius 3 is 2.39 bits per heavy atom. The molecule has 0 amide bonds. The molecule has 0 aliphatic rings. The number of aromatic nitrogens is 1. The topological polar surface area (TPSA) is 54.4 Å². The Morgan fingerprint density at radius 2 is 1.70 bits per heavy atom. The molecule has 3 aromatic rings. The average Bonchev–Trinajstić information content (AvgIpc) is 2.61. The number of anilines is 1. The van der Waals surface area contributed by atoms with Crippen molar-refractivity contribution in [2.45, 2.75) is 6.54 Å². The molecule has 4 nitrogen and oxygen atoms in total. The fraction of sp³-hybridized carbons (Fsp3) is 0.105. The Labute approximate surface area is 135 Å². The molecule has 1 aromatic heterocycles. The van der Waals surface area contributed by atoms with Gasteiger partial charge in [0.1, 0.15) is 11.5 Å². The molecule has 0 aliphatic carbocycles. The highest BCUT2D eigenvalue weighted by Gasteiger charge is 2.01. The molecule has 2 aromatic carbocycles. The molecule has 1 heterocycles. The fourth-order valence-corrected chi connectivity index (χ4v) is 2.30. The van der Waals surface area contributed by atoms with Crippen molar-refractivity contribution in [2.24, 2.45) is 0 Å². The second kappa shape index (κ2) is 6.83. The van der Waals surface area contributed by atoms with Crippen LogP contribution in [0.25, 0.3) is 11.1 Å². The van der Waals surface area contributed by atoms with Crippen molar-refractivity contribution in [3.8, 4) is 22.6 Å². The lowest BCUT2D eigenvalue weighted by Crippen LogP contribution is -2.00. The molecule has 4 heteroatoms. The number of hydrogen-bond acceptors (Lipinski definition) is 4. The van der Waals surface area contributed by atoms with Gasteiger partial charge < -0.3 is 15.2 Å². The van der Waals surface area contributed by atoms with Crippen LogP contribution in [0.15, 0.2) is 67.0 Å². The summed E-state index contributed by atoms with van der Waals surface area (Å²) in [5.41, 5.74) is 4.14. The van der Waals surface area contributed by atoms with Gasteiger partial charge in [-0.3, -0.25) is 4.98 Å². The highest BCUT2D eigenvalue weighted by molar-refractivity contribution is 5.67. The lowest BCUT2D eigenvalue weighted by molar-refractivity contribution is 0.414. The van der Waals surface area contributed by atoms with E-state index in [0.717, 1.165) is 22.6 Å². The van der Waals surface area contributed by atoms with Crippen LogP contribution in [0.5, 0.6) is 11.5 Å². The molecule has 0 bridgehead atoms. The van der Waals surface area contributed by atoms with Crippen LogP contribution in [0, 0.1) is 0 Å². The van der Waals surface area contributed by atoms with E-state index in [1.165, 1.54) is 5.56 Å². The SMILES string of the molecule is COc1ccc(CNc2cncc(-c3ccc(O)cc3)c2)cc1. The normalized spacial score (nSPS) is 10.3. The summed E-state index contributed by atoms with van der Waals surface area (Å²) in [6.07, 6.45) is 3.61. The number of nitrogens with zero attached hydrogens (tertiary/aromatic N) is 1. The second-order valence-corrected chi connectivity index (χ2v) is 5.21. The standard InChI is InChI=1S/C19H18N2O2/c1-23-19-8-2-14(3-9-19)11-21-17-10-16(12-20-13-17)15-4-6-18(22)7-5-15/h2-10,12-13,21-22H,11H2,1H3. The van der Waals surface area contributed by atoms with Gasteiger partial charge in [-0.2, -0.15) is 0 Å². The van der Waals surface area contributed by atoms with Gasteiger partial charge in [0.15, 0.2) is 0 Å². The molecule has 3 rings (SSSR count). The Hall–Kier alpha value is -3.01. The maximum absolute atomic E-state index is 9.37. The maximum atomic E-state index is 9.37.